The number of hydrogen-bond acceptors (Lipinski definition) is 3. The molecule has 1 aromatic rings. The van der Waals surface area contributed by atoms with Gasteiger partial charge in [-0.25, -0.2) is 9.67 Å². The van der Waals surface area contributed by atoms with E-state index in [-0.39, 0.29) is 5.60 Å². The van der Waals surface area contributed by atoms with Crippen LogP contribution in [0.25, 0.3) is 0 Å². The van der Waals surface area contributed by atoms with Crippen LogP contribution in [-0.2, 0) is 11.2 Å². The van der Waals surface area contributed by atoms with Crippen LogP contribution in [0.5, 0.6) is 0 Å². The Morgan fingerprint density at radius 3 is 2.93 bits per heavy atom. The topological polar surface area (TPSA) is 39.9 Å². The predicted molar refractivity (Wildman–Crippen MR) is 57.8 cm³/mol. The van der Waals surface area contributed by atoms with Crippen molar-refractivity contribution >= 4 is 0 Å². The third-order valence-corrected chi connectivity index (χ3v) is 2.98. The van der Waals surface area contributed by atoms with Gasteiger partial charge < -0.3 is 4.74 Å². The first-order chi connectivity index (χ1) is 7.16. The van der Waals surface area contributed by atoms with Crippen molar-refractivity contribution in [2.75, 3.05) is 6.61 Å². The van der Waals surface area contributed by atoms with E-state index in [0.717, 1.165) is 31.1 Å². The van der Waals surface area contributed by atoms with Gasteiger partial charge in [-0.15, -0.1) is 0 Å². The van der Waals surface area contributed by atoms with E-state index in [4.69, 9.17) is 4.74 Å². The molecule has 2 aliphatic rings. The molecule has 84 valence electrons. The second-order valence-electron chi connectivity index (χ2n) is 4.32. The lowest BCUT2D eigenvalue weighted by Gasteiger charge is -2.26. The fourth-order valence-electron chi connectivity index (χ4n) is 2.42. The van der Waals surface area contributed by atoms with Gasteiger partial charge in [0.1, 0.15) is 11.6 Å². The number of ether oxygens (including phenoxy) is 1. The Hall–Kier alpha value is -0.900. The molecule has 0 aliphatic carbocycles. The molecule has 4 nitrogen and oxygen atoms in total. The fraction of sp³-hybridized carbons (Fsp3) is 0.818. The van der Waals surface area contributed by atoms with E-state index >= 15 is 0 Å². The first-order valence-corrected chi connectivity index (χ1v) is 5.72. The molecule has 15 heavy (non-hydrogen) atoms. The van der Waals surface area contributed by atoms with E-state index in [0.29, 0.717) is 6.04 Å². The highest BCUT2D eigenvalue weighted by molar-refractivity contribution is 5.07. The molecule has 0 amide bonds. The van der Waals surface area contributed by atoms with Gasteiger partial charge in [0.2, 0.25) is 0 Å². The average Bonchev–Trinajstić information content (AvgIpc) is 2.72. The molecule has 3 heterocycles. The van der Waals surface area contributed by atoms with E-state index in [2.05, 4.69) is 17.0 Å². The quantitative estimate of drug-likeness (QED) is 0.655. The molecule has 2 atom stereocenters. The molecule has 0 radical (unpaired) electrons. The van der Waals surface area contributed by atoms with E-state index in [1.807, 2.05) is 25.5 Å². The van der Waals surface area contributed by atoms with Gasteiger partial charge in [0.25, 0.3) is 0 Å². The van der Waals surface area contributed by atoms with Gasteiger partial charge in [0.15, 0.2) is 0 Å². The normalized spacial score (nSPS) is 31.9. The van der Waals surface area contributed by atoms with Crippen molar-refractivity contribution in [1.82, 2.24) is 14.8 Å². The molecule has 2 bridgehead atoms. The lowest BCUT2D eigenvalue weighted by molar-refractivity contribution is 0.0210. The third-order valence-electron chi connectivity index (χ3n) is 2.98. The first kappa shape index (κ1) is 10.6. The molecule has 2 aliphatic heterocycles. The molecule has 1 aromatic heterocycles. The van der Waals surface area contributed by atoms with Crippen molar-refractivity contribution < 1.29 is 4.74 Å². The summed E-state index contributed by atoms with van der Waals surface area (Å²) in [7, 11) is 0. The molecule has 0 aromatic carbocycles. The summed E-state index contributed by atoms with van der Waals surface area (Å²) in [4.78, 5) is 4.41. The summed E-state index contributed by atoms with van der Waals surface area (Å²) < 4.78 is 7.79. The summed E-state index contributed by atoms with van der Waals surface area (Å²) in [6.07, 6.45) is 1.99. The molecule has 2 unspecified atom stereocenters. The van der Waals surface area contributed by atoms with Crippen molar-refractivity contribution in [3.63, 3.8) is 0 Å². The molecule has 0 N–H and O–H groups in total. The van der Waals surface area contributed by atoms with E-state index in [1.54, 1.807) is 0 Å². The summed E-state index contributed by atoms with van der Waals surface area (Å²) in [5, 5.41) is 4.39. The van der Waals surface area contributed by atoms with Crippen molar-refractivity contribution in [3.05, 3.63) is 11.6 Å². The summed E-state index contributed by atoms with van der Waals surface area (Å²) >= 11 is 0. The lowest BCUT2D eigenvalue weighted by Crippen LogP contribution is -2.32. The summed E-state index contributed by atoms with van der Waals surface area (Å²) in [5.41, 5.74) is 0.0279. The van der Waals surface area contributed by atoms with Crippen LogP contribution in [0.4, 0.5) is 0 Å². The first-order valence-electron chi connectivity index (χ1n) is 5.72. The van der Waals surface area contributed by atoms with E-state index in [9.17, 15) is 0 Å². The lowest BCUT2D eigenvalue weighted by atomic mass is 9.93. The minimum Gasteiger partial charge on any atom is -0.373 e. The maximum absolute atomic E-state index is 5.74. The van der Waals surface area contributed by atoms with Crippen LogP contribution in [0.2, 0.25) is 0 Å². The number of aromatic nitrogens is 3. The highest BCUT2D eigenvalue weighted by Crippen LogP contribution is 2.39. The molecule has 1 fully saturated rings. The Labute approximate surface area is 90.7 Å². The number of rotatable bonds is 0. The number of hydrogen-bond donors (Lipinski definition) is 0. The summed E-state index contributed by atoms with van der Waals surface area (Å²) in [5.74, 6) is 1.97. The van der Waals surface area contributed by atoms with E-state index < -0.39 is 0 Å². The van der Waals surface area contributed by atoms with Crippen molar-refractivity contribution in [3.8, 4) is 0 Å². The molecule has 3 rings (SSSR count). The Bertz CT molecular complexity index is 361. The van der Waals surface area contributed by atoms with Crippen LogP contribution in [0, 0.1) is 6.92 Å². The van der Waals surface area contributed by atoms with Gasteiger partial charge in [-0.2, -0.15) is 5.10 Å². The molecule has 0 saturated carbocycles. The largest absolute Gasteiger partial charge is 0.373 e. The van der Waals surface area contributed by atoms with E-state index in [1.165, 1.54) is 0 Å². The van der Waals surface area contributed by atoms with Crippen LogP contribution in [0.1, 0.15) is 44.9 Å². The highest BCUT2D eigenvalue weighted by Gasteiger charge is 2.43. The van der Waals surface area contributed by atoms with Gasteiger partial charge in [0.05, 0.1) is 18.2 Å². The van der Waals surface area contributed by atoms with Crippen molar-refractivity contribution in [2.24, 2.45) is 0 Å². The Kier molecular flexibility index (Phi) is 2.54. The van der Waals surface area contributed by atoms with Gasteiger partial charge in [0, 0.05) is 12.8 Å². The van der Waals surface area contributed by atoms with Crippen LogP contribution < -0.4 is 0 Å². The average molecular weight is 209 g/mol. The Morgan fingerprint density at radius 2 is 2.20 bits per heavy atom. The van der Waals surface area contributed by atoms with Crippen LogP contribution in [0.3, 0.4) is 0 Å². The number of nitrogens with zero attached hydrogens (tertiary/aromatic N) is 3. The number of fused-ring (bicyclic) bond motifs is 4. The molecule has 0 spiro atoms. The maximum Gasteiger partial charge on any atom is 0.147 e. The summed E-state index contributed by atoms with van der Waals surface area (Å²) in [6, 6.07) is 0.426. The van der Waals surface area contributed by atoms with Gasteiger partial charge in [-0.1, -0.05) is 13.8 Å². The smallest absolute Gasteiger partial charge is 0.147 e. The van der Waals surface area contributed by atoms with Crippen LogP contribution in [0.15, 0.2) is 0 Å². The second kappa shape index (κ2) is 3.59. The molecule has 1 saturated heterocycles. The monoisotopic (exact) mass is 209 g/mol. The third kappa shape index (κ3) is 1.67. The van der Waals surface area contributed by atoms with Crippen LogP contribution >= 0.6 is 0 Å². The van der Waals surface area contributed by atoms with Crippen molar-refractivity contribution in [2.45, 2.75) is 52.2 Å². The van der Waals surface area contributed by atoms with Gasteiger partial charge in [-0.3, -0.25) is 0 Å². The maximum atomic E-state index is 5.74. The van der Waals surface area contributed by atoms with Gasteiger partial charge in [-0.05, 0) is 13.8 Å². The highest BCUT2D eigenvalue weighted by atomic mass is 16.5. The predicted octanol–water partition coefficient (Wildman–Crippen LogP) is 1.89. The molecule has 4 heteroatoms. The molecular weight excluding hydrogens is 190 g/mol. The SMILES string of the molecule is CC.Cc1nc2n(n1)C1COC(C)(C2)C1. The fourth-order valence-corrected chi connectivity index (χ4v) is 2.42. The zero-order chi connectivity index (χ0) is 11.1. The zero-order valence-electron chi connectivity index (χ0n) is 9.95. The zero-order valence-corrected chi connectivity index (χ0v) is 9.95. The number of aryl methyl sites for hydroxylation is 1. The Balaban J connectivity index is 0.000000404. The molecular formula is C11H19N3O. The second-order valence-corrected chi connectivity index (χ2v) is 4.32. The standard InChI is InChI=1S/C9H13N3O.C2H6/c1-6-10-8-4-9(2)3-7(5-13-9)12(8)11-6;1-2/h7H,3-5H2,1-2H3;1-2H3. The van der Waals surface area contributed by atoms with Crippen LogP contribution in [-0.4, -0.2) is 27.0 Å². The minimum absolute atomic E-state index is 0.0279. The van der Waals surface area contributed by atoms with Gasteiger partial charge >= 0.3 is 0 Å². The van der Waals surface area contributed by atoms with Crippen molar-refractivity contribution in [1.29, 1.82) is 0 Å². The minimum atomic E-state index is 0.0279. The Morgan fingerprint density at radius 1 is 1.47 bits per heavy atom. The summed E-state index contributed by atoms with van der Waals surface area (Å²) in [6.45, 7) is 8.91.